The molecule has 25 heavy (non-hydrogen) atoms. The minimum absolute atomic E-state index is 0.0726. The molecule has 0 radical (unpaired) electrons. The topological polar surface area (TPSA) is 138 Å². The fraction of sp³-hybridized carbons (Fsp3) is 0.214. The maximum atomic E-state index is 11.9. The first-order chi connectivity index (χ1) is 11.5. The molecule has 2 aromatic carbocycles. The van der Waals surface area contributed by atoms with E-state index >= 15 is 0 Å². The third-order valence-electron chi connectivity index (χ3n) is 3.30. The Morgan fingerprint density at radius 3 is 2.32 bits per heavy atom. The summed E-state index contributed by atoms with van der Waals surface area (Å²) in [6.45, 7) is 0. The van der Waals surface area contributed by atoms with E-state index in [0.29, 0.717) is 12.5 Å². The van der Waals surface area contributed by atoms with E-state index in [9.17, 15) is 26.2 Å². The molecule has 2 aromatic rings. The zero-order valence-corrected chi connectivity index (χ0v) is 15.0. The van der Waals surface area contributed by atoms with Crippen LogP contribution in [0.15, 0.2) is 40.1 Å². The summed E-state index contributed by atoms with van der Waals surface area (Å²) in [5.41, 5.74) is 0.0755. The van der Waals surface area contributed by atoms with Crippen LogP contribution in [0.3, 0.4) is 0 Å². The van der Waals surface area contributed by atoms with Gasteiger partial charge in [0.1, 0.15) is 4.90 Å². The number of carbonyl (C=O) groups is 1. The predicted molar refractivity (Wildman–Crippen MR) is 92.2 cm³/mol. The maximum absolute atomic E-state index is 11.9. The van der Waals surface area contributed by atoms with Crippen LogP contribution in [0.2, 0.25) is 0 Å². The summed E-state index contributed by atoms with van der Waals surface area (Å²) >= 11 is 5.52. The SMILES string of the molecule is O=C(CCCCl)Nc1cccc2cc(S(=O)(=O)O)cc(S(=O)(=O)O)c12. The summed E-state index contributed by atoms with van der Waals surface area (Å²) in [4.78, 5) is 10.4. The lowest BCUT2D eigenvalue weighted by Crippen LogP contribution is -2.13. The van der Waals surface area contributed by atoms with Gasteiger partial charge in [-0.25, -0.2) is 0 Å². The number of hydrogen-bond acceptors (Lipinski definition) is 5. The number of alkyl halides is 1. The highest BCUT2D eigenvalue weighted by molar-refractivity contribution is 7.86. The largest absolute Gasteiger partial charge is 0.325 e. The number of fused-ring (bicyclic) bond motifs is 1. The van der Waals surface area contributed by atoms with E-state index in [0.717, 1.165) is 6.07 Å². The van der Waals surface area contributed by atoms with Crippen molar-refractivity contribution in [2.75, 3.05) is 11.2 Å². The quantitative estimate of drug-likeness (QED) is 0.493. The number of nitrogens with one attached hydrogen (secondary N) is 1. The molecule has 0 aliphatic carbocycles. The molecule has 0 saturated heterocycles. The molecule has 0 saturated carbocycles. The van der Waals surface area contributed by atoms with Crippen molar-refractivity contribution < 1.29 is 30.7 Å². The molecule has 1 amide bonds. The van der Waals surface area contributed by atoms with Gasteiger partial charge in [-0.1, -0.05) is 12.1 Å². The van der Waals surface area contributed by atoms with Crippen molar-refractivity contribution in [3.63, 3.8) is 0 Å². The van der Waals surface area contributed by atoms with Gasteiger partial charge in [-0.05, 0) is 30.0 Å². The molecule has 0 unspecified atom stereocenters. The highest BCUT2D eigenvalue weighted by Crippen LogP contribution is 2.33. The normalized spacial score (nSPS) is 12.3. The van der Waals surface area contributed by atoms with Crippen molar-refractivity contribution >= 4 is 54.2 Å². The minimum Gasteiger partial charge on any atom is -0.325 e. The Hall–Kier alpha value is -1.72. The molecule has 136 valence electrons. The van der Waals surface area contributed by atoms with Crippen LogP contribution >= 0.6 is 11.6 Å². The van der Waals surface area contributed by atoms with Gasteiger partial charge < -0.3 is 5.32 Å². The predicted octanol–water partition coefficient (Wildman–Crippen LogP) is 2.29. The molecule has 0 atom stereocenters. The molecule has 0 heterocycles. The smallest absolute Gasteiger partial charge is 0.295 e. The van der Waals surface area contributed by atoms with Crippen LogP contribution in [0.4, 0.5) is 5.69 Å². The standard InChI is InChI=1S/C14H14ClNO7S2/c15-6-2-5-13(17)16-11-4-1-3-9-7-10(24(18,19)20)8-12(14(9)11)25(21,22)23/h1,3-4,7-8H,2,5-6H2,(H,16,17)(H,18,19,20)(H,21,22,23). The van der Waals surface area contributed by atoms with Crippen molar-refractivity contribution in [2.24, 2.45) is 0 Å². The molecule has 3 N–H and O–H groups in total. The second-order valence-corrected chi connectivity index (χ2v) is 8.31. The fourth-order valence-electron chi connectivity index (χ4n) is 2.26. The molecular weight excluding hydrogens is 394 g/mol. The van der Waals surface area contributed by atoms with Gasteiger partial charge in [0.15, 0.2) is 0 Å². The van der Waals surface area contributed by atoms with Crippen LogP contribution in [-0.4, -0.2) is 37.7 Å². The zero-order valence-electron chi connectivity index (χ0n) is 12.6. The number of hydrogen-bond donors (Lipinski definition) is 3. The Morgan fingerprint density at radius 2 is 1.76 bits per heavy atom. The Kier molecular flexibility index (Phi) is 5.69. The van der Waals surface area contributed by atoms with Gasteiger partial charge in [0.2, 0.25) is 5.91 Å². The monoisotopic (exact) mass is 407 g/mol. The maximum Gasteiger partial charge on any atom is 0.295 e. The Labute approximate surface area is 149 Å². The highest BCUT2D eigenvalue weighted by atomic mass is 35.5. The Morgan fingerprint density at radius 1 is 1.08 bits per heavy atom. The van der Waals surface area contributed by atoms with Crippen LogP contribution in [0, 0.1) is 0 Å². The number of rotatable bonds is 6. The van der Waals surface area contributed by atoms with E-state index in [2.05, 4.69) is 5.32 Å². The van der Waals surface area contributed by atoms with Crippen LogP contribution in [0.5, 0.6) is 0 Å². The van der Waals surface area contributed by atoms with Gasteiger partial charge in [-0.15, -0.1) is 11.6 Å². The van der Waals surface area contributed by atoms with Crippen molar-refractivity contribution in [1.82, 2.24) is 0 Å². The van der Waals surface area contributed by atoms with Crippen LogP contribution in [0.1, 0.15) is 12.8 Å². The first kappa shape index (κ1) is 19.6. The fourth-order valence-corrected chi connectivity index (χ4v) is 3.77. The molecule has 8 nitrogen and oxygen atoms in total. The molecule has 0 aliphatic rings. The summed E-state index contributed by atoms with van der Waals surface area (Å²) in [6.07, 6.45) is 0.514. The van der Waals surface area contributed by atoms with Gasteiger partial charge in [0.25, 0.3) is 20.2 Å². The van der Waals surface area contributed by atoms with E-state index in [1.807, 2.05) is 0 Å². The lowest BCUT2D eigenvalue weighted by molar-refractivity contribution is -0.116. The van der Waals surface area contributed by atoms with Crippen molar-refractivity contribution in [2.45, 2.75) is 22.6 Å². The van der Waals surface area contributed by atoms with Crippen molar-refractivity contribution in [3.8, 4) is 0 Å². The molecule has 11 heteroatoms. The van der Waals surface area contributed by atoms with Crippen LogP contribution < -0.4 is 5.32 Å². The number of halogens is 1. The van der Waals surface area contributed by atoms with Gasteiger partial charge in [0, 0.05) is 23.4 Å². The first-order valence-electron chi connectivity index (χ1n) is 6.91. The summed E-state index contributed by atoms with van der Waals surface area (Å²) in [5.74, 6) is -0.148. The molecule has 0 aromatic heterocycles. The van der Waals surface area contributed by atoms with E-state index in [1.54, 1.807) is 0 Å². The summed E-state index contributed by atoms with van der Waals surface area (Å²) < 4.78 is 64.6. The molecule has 0 bridgehead atoms. The Bertz CT molecular complexity index is 1030. The van der Waals surface area contributed by atoms with E-state index < -0.39 is 35.9 Å². The zero-order chi connectivity index (χ0) is 18.8. The average molecular weight is 408 g/mol. The van der Waals surface area contributed by atoms with Gasteiger partial charge in [-0.3, -0.25) is 13.9 Å². The number of carbonyl (C=O) groups excluding carboxylic acids is 1. The number of benzene rings is 2. The molecule has 0 spiro atoms. The lowest BCUT2D eigenvalue weighted by Gasteiger charge is -2.12. The number of anilines is 1. The molecular formula is C14H14ClNO7S2. The van der Waals surface area contributed by atoms with E-state index in [-0.39, 0.29) is 28.8 Å². The summed E-state index contributed by atoms with van der Waals surface area (Å²) in [7, 11) is -9.54. The van der Waals surface area contributed by atoms with Gasteiger partial charge in [0.05, 0.1) is 4.90 Å². The molecule has 0 fully saturated rings. The van der Waals surface area contributed by atoms with Crippen molar-refractivity contribution in [1.29, 1.82) is 0 Å². The van der Waals surface area contributed by atoms with Gasteiger partial charge in [-0.2, -0.15) is 16.8 Å². The van der Waals surface area contributed by atoms with E-state index in [1.165, 1.54) is 18.2 Å². The number of amides is 1. The van der Waals surface area contributed by atoms with Crippen molar-refractivity contribution in [3.05, 3.63) is 30.3 Å². The summed E-state index contributed by atoms with van der Waals surface area (Å²) in [6, 6.07) is 5.91. The minimum atomic E-state index is -4.84. The second-order valence-electron chi connectivity index (χ2n) is 5.12. The van der Waals surface area contributed by atoms with Crippen LogP contribution in [-0.2, 0) is 25.0 Å². The summed E-state index contributed by atoms with van der Waals surface area (Å²) in [5, 5.41) is 2.53. The third-order valence-corrected chi connectivity index (χ3v) is 5.28. The second kappa shape index (κ2) is 7.26. The Balaban J connectivity index is 2.72. The van der Waals surface area contributed by atoms with Crippen LogP contribution in [0.25, 0.3) is 10.8 Å². The average Bonchev–Trinajstić information content (AvgIpc) is 2.50. The lowest BCUT2D eigenvalue weighted by atomic mass is 10.1. The first-order valence-corrected chi connectivity index (χ1v) is 10.3. The highest BCUT2D eigenvalue weighted by Gasteiger charge is 2.22. The van der Waals surface area contributed by atoms with E-state index in [4.69, 9.17) is 16.2 Å². The third kappa shape index (κ3) is 4.67. The molecule has 0 aliphatic heterocycles. The molecule has 2 rings (SSSR count). The van der Waals surface area contributed by atoms with Gasteiger partial charge >= 0.3 is 0 Å².